The van der Waals surface area contributed by atoms with Crippen molar-refractivity contribution in [2.75, 3.05) is 13.1 Å². The quantitative estimate of drug-likeness (QED) is 0.500. The number of benzene rings is 1. The average molecular weight is 529 g/mol. The van der Waals surface area contributed by atoms with Gasteiger partial charge >= 0.3 is 6.18 Å². The van der Waals surface area contributed by atoms with E-state index in [2.05, 4.69) is 10.5 Å². The lowest BCUT2D eigenvalue weighted by molar-refractivity contribution is -0.137. The number of alkyl halides is 3. The first-order valence-electron chi connectivity index (χ1n) is 9.04. The lowest BCUT2D eigenvalue weighted by Crippen LogP contribution is -2.40. The first-order valence-corrected chi connectivity index (χ1v) is 11.0. The van der Waals surface area contributed by atoms with E-state index in [1.54, 1.807) is 30.4 Å². The van der Waals surface area contributed by atoms with Crippen LogP contribution in [0.1, 0.15) is 38.2 Å². The molecular formula is C19H15Cl3F3N3O3S. The van der Waals surface area contributed by atoms with E-state index >= 15 is 0 Å². The summed E-state index contributed by atoms with van der Waals surface area (Å²) in [6.45, 7) is -0.341. The standard InChI is InChI=1S/C19H15Cl3F3N3O3S/c1-8-2-14(32-17(8)18(30)26-6-15(29)27-7-19(23,24)25)12-5-13(31-28-12)9-3-10(20)16(22)11(21)4-9/h2-4,13H,5-7H2,1H3,(H,26,30)(H,27,29). The summed E-state index contributed by atoms with van der Waals surface area (Å²) < 4.78 is 36.4. The smallest absolute Gasteiger partial charge is 0.387 e. The van der Waals surface area contributed by atoms with Crippen molar-refractivity contribution in [3.05, 3.63) is 54.1 Å². The second-order valence-electron chi connectivity index (χ2n) is 6.83. The molecule has 2 aromatic rings. The van der Waals surface area contributed by atoms with Crippen molar-refractivity contribution >= 4 is 63.7 Å². The van der Waals surface area contributed by atoms with E-state index in [1.807, 2.05) is 0 Å². The number of hydrogen-bond donors (Lipinski definition) is 2. The SMILES string of the molecule is Cc1cc(C2=NOC(c3cc(Cl)c(Cl)c(Cl)c3)C2)sc1C(=O)NCC(=O)NCC(F)(F)F. The van der Waals surface area contributed by atoms with E-state index in [0.29, 0.717) is 33.0 Å². The number of hydrogen-bond acceptors (Lipinski definition) is 5. The zero-order valence-electron chi connectivity index (χ0n) is 16.3. The van der Waals surface area contributed by atoms with Gasteiger partial charge in [-0.2, -0.15) is 13.2 Å². The van der Waals surface area contributed by atoms with Gasteiger partial charge < -0.3 is 15.5 Å². The predicted octanol–water partition coefficient (Wildman–Crippen LogP) is 5.29. The van der Waals surface area contributed by atoms with Crippen LogP contribution in [0, 0.1) is 6.92 Å². The summed E-state index contributed by atoms with van der Waals surface area (Å²) in [7, 11) is 0. The first-order chi connectivity index (χ1) is 14.9. The largest absolute Gasteiger partial charge is 0.405 e. The van der Waals surface area contributed by atoms with Gasteiger partial charge in [0.1, 0.15) is 12.3 Å². The molecule has 3 rings (SSSR count). The van der Waals surface area contributed by atoms with E-state index in [4.69, 9.17) is 39.6 Å². The Morgan fingerprint density at radius 1 is 1.19 bits per heavy atom. The molecule has 6 nitrogen and oxygen atoms in total. The van der Waals surface area contributed by atoms with Gasteiger partial charge in [0.25, 0.3) is 5.91 Å². The highest BCUT2D eigenvalue weighted by Gasteiger charge is 2.29. The highest BCUT2D eigenvalue weighted by molar-refractivity contribution is 7.16. The Balaban J connectivity index is 1.62. The zero-order valence-corrected chi connectivity index (χ0v) is 19.4. The summed E-state index contributed by atoms with van der Waals surface area (Å²) in [6, 6.07) is 5.03. The van der Waals surface area contributed by atoms with Gasteiger partial charge in [0.2, 0.25) is 5.91 Å². The van der Waals surface area contributed by atoms with Crippen LogP contribution in [-0.4, -0.2) is 36.8 Å². The van der Waals surface area contributed by atoms with Gasteiger partial charge in [0, 0.05) is 6.42 Å². The molecule has 1 aromatic carbocycles. The molecule has 2 N–H and O–H groups in total. The molecule has 32 heavy (non-hydrogen) atoms. The number of thiophene rings is 1. The first kappa shape index (κ1) is 24.6. The van der Waals surface area contributed by atoms with Gasteiger partial charge in [0.15, 0.2) is 6.10 Å². The highest BCUT2D eigenvalue weighted by atomic mass is 35.5. The molecule has 0 saturated heterocycles. The van der Waals surface area contributed by atoms with Crippen LogP contribution in [0.4, 0.5) is 13.2 Å². The Morgan fingerprint density at radius 3 is 2.47 bits per heavy atom. The average Bonchev–Trinajstić information content (AvgIpc) is 3.34. The van der Waals surface area contributed by atoms with Crippen LogP contribution in [0.15, 0.2) is 23.4 Å². The van der Waals surface area contributed by atoms with Crippen LogP contribution in [0.5, 0.6) is 0 Å². The number of amides is 2. The Kier molecular flexibility index (Phi) is 7.59. The van der Waals surface area contributed by atoms with E-state index < -0.39 is 37.2 Å². The number of rotatable bonds is 6. The summed E-state index contributed by atoms with van der Waals surface area (Å²) in [6.07, 6.45) is -4.56. The minimum absolute atomic E-state index is 0.243. The molecule has 1 aliphatic rings. The maximum absolute atomic E-state index is 12.4. The maximum atomic E-state index is 12.4. The number of carbonyl (C=O) groups is 2. The third-order valence-corrected chi connectivity index (χ3v) is 6.83. The minimum Gasteiger partial charge on any atom is -0.387 e. The van der Waals surface area contributed by atoms with Crippen LogP contribution < -0.4 is 10.6 Å². The summed E-state index contributed by atoms with van der Waals surface area (Å²) >= 11 is 19.2. The Hall–Kier alpha value is -2.01. The van der Waals surface area contributed by atoms with Crippen LogP contribution in [0.3, 0.4) is 0 Å². The van der Waals surface area contributed by atoms with Gasteiger partial charge in [0.05, 0.1) is 31.4 Å². The predicted molar refractivity (Wildman–Crippen MR) is 117 cm³/mol. The summed E-state index contributed by atoms with van der Waals surface area (Å²) in [5.41, 5.74) is 1.92. The summed E-state index contributed by atoms with van der Waals surface area (Å²) in [4.78, 5) is 30.3. The lowest BCUT2D eigenvalue weighted by atomic mass is 10.0. The molecule has 13 heteroatoms. The fraction of sp³-hybridized carbons (Fsp3) is 0.316. The molecule has 1 aromatic heterocycles. The Labute approximate surface area is 199 Å². The van der Waals surface area contributed by atoms with Crippen molar-refractivity contribution < 1.29 is 27.6 Å². The Bertz CT molecular complexity index is 1070. The molecule has 1 atom stereocenters. The molecule has 1 aliphatic heterocycles. The summed E-state index contributed by atoms with van der Waals surface area (Å²) in [5, 5.41) is 8.91. The number of nitrogens with one attached hydrogen (secondary N) is 2. The van der Waals surface area contributed by atoms with E-state index in [9.17, 15) is 22.8 Å². The third-order valence-electron chi connectivity index (χ3n) is 4.35. The summed E-state index contributed by atoms with van der Waals surface area (Å²) in [5.74, 6) is -1.52. The van der Waals surface area contributed by atoms with Crippen molar-refractivity contribution in [1.82, 2.24) is 10.6 Å². The van der Waals surface area contributed by atoms with Crippen LogP contribution in [-0.2, 0) is 9.63 Å². The van der Waals surface area contributed by atoms with E-state index in [-0.39, 0.29) is 15.1 Å². The number of oxime groups is 1. The molecule has 0 fully saturated rings. The number of carbonyl (C=O) groups excluding carboxylic acids is 2. The monoisotopic (exact) mass is 527 g/mol. The molecule has 0 saturated carbocycles. The fourth-order valence-corrected chi connectivity index (χ4v) is 4.51. The van der Waals surface area contributed by atoms with Gasteiger partial charge in [-0.1, -0.05) is 40.0 Å². The molecule has 0 aliphatic carbocycles. The zero-order chi connectivity index (χ0) is 23.6. The van der Waals surface area contributed by atoms with Crippen molar-refractivity contribution in [2.45, 2.75) is 25.6 Å². The molecular weight excluding hydrogens is 514 g/mol. The lowest BCUT2D eigenvalue weighted by Gasteiger charge is -2.10. The van der Waals surface area contributed by atoms with Gasteiger partial charge in [-0.3, -0.25) is 9.59 Å². The molecule has 2 amide bonds. The second-order valence-corrected chi connectivity index (χ2v) is 9.08. The van der Waals surface area contributed by atoms with Crippen molar-refractivity contribution in [2.24, 2.45) is 5.16 Å². The second kappa shape index (κ2) is 9.86. The van der Waals surface area contributed by atoms with Gasteiger partial charge in [-0.15, -0.1) is 11.3 Å². The van der Waals surface area contributed by atoms with Crippen LogP contribution >= 0.6 is 46.1 Å². The number of halogens is 6. The van der Waals surface area contributed by atoms with Crippen molar-refractivity contribution in [3.63, 3.8) is 0 Å². The molecule has 2 heterocycles. The topological polar surface area (TPSA) is 79.8 Å². The Morgan fingerprint density at radius 2 is 1.84 bits per heavy atom. The molecule has 0 bridgehead atoms. The maximum Gasteiger partial charge on any atom is 0.405 e. The highest BCUT2D eigenvalue weighted by Crippen LogP contribution is 2.38. The molecule has 1 unspecified atom stereocenters. The number of aryl methyl sites for hydroxylation is 1. The molecule has 172 valence electrons. The molecule has 0 radical (unpaired) electrons. The van der Waals surface area contributed by atoms with Gasteiger partial charge in [-0.25, -0.2) is 0 Å². The normalized spacial score (nSPS) is 15.8. The van der Waals surface area contributed by atoms with Gasteiger partial charge in [-0.05, 0) is 36.2 Å². The minimum atomic E-state index is -4.52. The van der Waals surface area contributed by atoms with Crippen LogP contribution in [0.2, 0.25) is 15.1 Å². The number of nitrogens with zero attached hydrogens (tertiary/aromatic N) is 1. The van der Waals surface area contributed by atoms with Crippen molar-refractivity contribution in [1.29, 1.82) is 0 Å². The fourth-order valence-electron chi connectivity index (χ4n) is 2.81. The molecule has 0 spiro atoms. The van der Waals surface area contributed by atoms with Crippen molar-refractivity contribution in [3.8, 4) is 0 Å². The third kappa shape index (κ3) is 6.06. The van der Waals surface area contributed by atoms with E-state index in [0.717, 1.165) is 11.3 Å². The van der Waals surface area contributed by atoms with E-state index in [1.165, 1.54) is 0 Å². The van der Waals surface area contributed by atoms with Crippen LogP contribution in [0.25, 0.3) is 0 Å².